The smallest absolute Gasteiger partial charge is 0.162 e. The normalized spacial score (nSPS) is 18.4. The van der Waals surface area contributed by atoms with Crippen LogP contribution in [0.5, 0.6) is 0 Å². The van der Waals surface area contributed by atoms with Gasteiger partial charge in [-0.05, 0) is 18.6 Å². The third-order valence-corrected chi connectivity index (χ3v) is 4.33. The van der Waals surface area contributed by atoms with Gasteiger partial charge in [-0.1, -0.05) is 13.3 Å². The first-order chi connectivity index (χ1) is 9.18. The Morgan fingerprint density at radius 1 is 1.53 bits per heavy atom. The Morgan fingerprint density at radius 3 is 3.05 bits per heavy atom. The number of aromatic nitrogens is 1. The van der Waals surface area contributed by atoms with Crippen molar-refractivity contribution in [3.05, 3.63) is 29.5 Å². The lowest BCUT2D eigenvalue weighted by Crippen LogP contribution is -2.60. The Hall–Kier alpha value is -1.17. The molecule has 0 saturated carbocycles. The minimum atomic E-state index is -0.464. The molecule has 0 unspecified atom stereocenters. The highest BCUT2D eigenvalue weighted by Gasteiger charge is 2.40. The zero-order chi connectivity index (χ0) is 13.3. The van der Waals surface area contributed by atoms with Crippen molar-refractivity contribution < 1.29 is 9.52 Å². The molecule has 1 aliphatic rings. The van der Waals surface area contributed by atoms with Gasteiger partial charge in [-0.15, -0.1) is 11.3 Å². The molecule has 1 fully saturated rings. The van der Waals surface area contributed by atoms with Crippen LogP contribution in [0.1, 0.15) is 25.5 Å². The number of hydrogen-bond donors (Lipinski definition) is 1. The second kappa shape index (κ2) is 5.07. The van der Waals surface area contributed by atoms with Crippen LogP contribution in [0.3, 0.4) is 0 Å². The molecule has 3 heterocycles. The zero-order valence-corrected chi connectivity index (χ0v) is 11.8. The molecule has 5 heteroatoms. The van der Waals surface area contributed by atoms with E-state index in [2.05, 4.69) is 22.2 Å². The largest absolute Gasteiger partial charge is 0.462 e. The Bertz CT molecular complexity index is 529. The Labute approximate surface area is 116 Å². The first-order valence-corrected chi connectivity index (χ1v) is 7.49. The topological polar surface area (TPSA) is 49.5 Å². The molecule has 3 rings (SSSR count). The predicted octanol–water partition coefficient (Wildman–Crippen LogP) is 2.75. The monoisotopic (exact) mass is 278 g/mol. The summed E-state index contributed by atoms with van der Waals surface area (Å²) in [5.41, 5.74) is 0.587. The molecule has 0 radical (unpaired) electrons. The number of furan rings is 1. The summed E-state index contributed by atoms with van der Waals surface area (Å²) >= 11 is 1.60. The van der Waals surface area contributed by atoms with Crippen molar-refractivity contribution in [2.24, 2.45) is 0 Å². The van der Waals surface area contributed by atoms with E-state index in [4.69, 9.17) is 4.42 Å². The van der Waals surface area contributed by atoms with Crippen molar-refractivity contribution in [2.75, 3.05) is 13.1 Å². The fourth-order valence-electron chi connectivity index (χ4n) is 2.64. The Balaban J connectivity index is 1.58. The van der Waals surface area contributed by atoms with Gasteiger partial charge in [0.05, 0.1) is 17.6 Å². The van der Waals surface area contributed by atoms with Crippen LogP contribution >= 0.6 is 11.3 Å². The SMILES string of the molecule is CCCC1(O)CN(Cc2csc(-c3ccco3)n2)C1. The molecule has 0 spiro atoms. The molecule has 1 saturated heterocycles. The van der Waals surface area contributed by atoms with E-state index in [0.717, 1.165) is 48.9 Å². The van der Waals surface area contributed by atoms with Gasteiger partial charge in [0.2, 0.25) is 0 Å². The molecule has 4 nitrogen and oxygen atoms in total. The fraction of sp³-hybridized carbons (Fsp3) is 0.500. The first-order valence-electron chi connectivity index (χ1n) is 6.61. The van der Waals surface area contributed by atoms with E-state index in [0.29, 0.717) is 0 Å². The second-order valence-electron chi connectivity index (χ2n) is 5.24. The summed E-state index contributed by atoms with van der Waals surface area (Å²) in [6, 6.07) is 3.79. The molecule has 0 aromatic carbocycles. The third kappa shape index (κ3) is 2.73. The number of aliphatic hydroxyl groups is 1. The first kappa shape index (κ1) is 12.8. The molecule has 1 N–H and O–H groups in total. The maximum atomic E-state index is 10.1. The van der Waals surface area contributed by atoms with E-state index in [1.807, 2.05) is 12.1 Å². The summed E-state index contributed by atoms with van der Waals surface area (Å²) in [5.74, 6) is 0.822. The highest BCUT2D eigenvalue weighted by Crippen LogP contribution is 2.29. The Kier molecular flexibility index (Phi) is 3.43. The standard InChI is InChI=1S/C14H18N2O2S/c1-2-5-14(17)9-16(10-14)7-11-8-19-13(15-11)12-4-3-6-18-12/h3-4,6,8,17H,2,5,7,9-10H2,1H3. The fourth-order valence-corrected chi connectivity index (χ4v) is 3.42. The molecule has 2 aromatic rings. The van der Waals surface area contributed by atoms with Gasteiger partial charge in [-0.2, -0.15) is 0 Å². The number of thiazole rings is 1. The summed E-state index contributed by atoms with van der Waals surface area (Å²) in [4.78, 5) is 6.80. The van der Waals surface area contributed by atoms with Gasteiger partial charge in [0, 0.05) is 25.0 Å². The number of rotatable bonds is 5. The van der Waals surface area contributed by atoms with E-state index in [1.165, 1.54) is 0 Å². The molecule has 0 amide bonds. The van der Waals surface area contributed by atoms with Crippen molar-refractivity contribution in [2.45, 2.75) is 31.9 Å². The lowest BCUT2D eigenvalue weighted by atomic mass is 9.89. The maximum absolute atomic E-state index is 10.1. The highest BCUT2D eigenvalue weighted by atomic mass is 32.1. The van der Waals surface area contributed by atoms with Gasteiger partial charge in [-0.3, -0.25) is 4.90 Å². The lowest BCUT2D eigenvalue weighted by molar-refractivity contribution is -0.107. The highest BCUT2D eigenvalue weighted by molar-refractivity contribution is 7.13. The molecule has 0 bridgehead atoms. The zero-order valence-electron chi connectivity index (χ0n) is 11.0. The summed E-state index contributed by atoms with van der Waals surface area (Å²) in [7, 11) is 0. The van der Waals surface area contributed by atoms with Crippen LogP contribution in [0.4, 0.5) is 0 Å². The number of hydrogen-bond acceptors (Lipinski definition) is 5. The van der Waals surface area contributed by atoms with Crippen LogP contribution in [0, 0.1) is 0 Å². The van der Waals surface area contributed by atoms with Crippen LogP contribution in [-0.2, 0) is 6.54 Å². The van der Waals surface area contributed by atoms with E-state index in [-0.39, 0.29) is 0 Å². The van der Waals surface area contributed by atoms with Gasteiger partial charge in [-0.25, -0.2) is 4.98 Å². The minimum Gasteiger partial charge on any atom is -0.462 e. The molecular formula is C14H18N2O2S. The van der Waals surface area contributed by atoms with Crippen molar-refractivity contribution >= 4 is 11.3 Å². The van der Waals surface area contributed by atoms with Crippen LogP contribution in [0.2, 0.25) is 0 Å². The molecule has 0 atom stereocenters. The molecule has 0 aliphatic carbocycles. The van der Waals surface area contributed by atoms with Crippen molar-refractivity contribution in [1.82, 2.24) is 9.88 Å². The van der Waals surface area contributed by atoms with Crippen LogP contribution < -0.4 is 0 Å². The molecule has 19 heavy (non-hydrogen) atoms. The summed E-state index contributed by atoms with van der Waals surface area (Å²) in [6.07, 6.45) is 3.58. The summed E-state index contributed by atoms with van der Waals surface area (Å²) < 4.78 is 5.34. The van der Waals surface area contributed by atoms with Gasteiger partial charge in [0.15, 0.2) is 10.8 Å². The van der Waals surface area contributed by atoms with Crippen LogP contribution in [0.25, 0.3) is 10.8 Å². The lowest BCUT2D eigenvalue weighted by Gasteiger charge is -2.46. The van der Waals surface area contributed by atoms with Gasteiger partial charge >= 0.3 is 0 Å². The summed E-state index contributed by atoms with van der Waals surface area (Å²) in [5, 5.41) is 13.1. The quantitative estimate of drug-likeness (QED) is 0.913. The molecular weight excluding hydrogens is 260 g/mol. The van der Waals surface area contributed by atoms with E-state index < -0.39 is 5.60 Å². The van der Waals surface area contributed by atoms with E-state index in [9.17, 15) is 5.11 Å². The average Bonchev–Trinajstić information content (AvgIpc) is 2.96. The second-order valence-corrected chi connectivity index (χ2v) is 6.10. The predicted molar refractivity (Wildman–Crippen MR) is 75.0 cm³/mol. The van der Waals surface area contributed by atoms with Crippen molar-refractivity contribution in [1.29, 1.82) is 0 Å². The van der Waals surface area contributed by atoms with Gasteiger partial charge in [0.1, 0.15) is 0 Å². The number of β-amino-alcohol motifs (C(OH)–C–C–N with tert-alkyl or cyclic N) is 1. The van der Waals surface area contributed by atoms with Crippen LogP contribution in [0.15, 0.2) is 28.2 Å². The molecule has 1 aliphatic heterocycles. The van der Waals surface area contributed by atoms with Crippen LogP contribution in [-0.4, -0.2) is 33.7 Å². The Morgan fingerprint density at radius 2 is 2.37 bits per heavy atom. The molecule has 2 aromatic heterocycles. The maximum Gasteiger partial charge on any atom is 0.162 e. The number of likely N-dealkylation sites (tertiary alicyclic amines) is 1. The van der Waals surface area contributed by atoms with Crippen molar-refractivity contribution in [3.8, 4) is 10.8 Å². The summed E-state index contributed by atoms with van der Waals surface area (Å²) in [6.45, 7) is 4.43. The van der Waals surface area contributed by atoms with Crippen molar-refractivity contribution in [3.63, 3.8) is 0 Å². The third-order valence-electron chi connectivity index (χ3n) is 3.42. The molecule has 102 valence electrons. The number of nitrogens with zero attached hydrogens (tertiary/aromatic N) is 2. The minimum absolute atomic E-state index is 0.464. The van der Waals surface area contributed by atoms with E-state index >= 15 is 0 Å². The van der Waals surface area contributed by atoms with E-state index in [1.54, 1.807) is 17.6 Å². The van der Waals surface area contributed by atoms with Gasteiger partial charge in [0.25, 0.3) is 0 Å². The van der Waals surface area contributed by atoms with Gasteiger partial charge < -0.3 is 9.52 Å². The average molecular weight is 278 g/mol.